The third-order valence-corrected chi connectivity index (χ3v) is 4.18. The molecule has 3 amide bonds. The molecule has 0 aliphatic rings. The van der Waals surface area contributed by atoms with Gasteiger partial charge in [-0.15, -0.1) is 11.3 Å². The summed E-state index contributed by atoms with van der Waals surface area (Å²) in [6, 6.07) is 10.6. The lowest BCUT2D eigenvalue weighted by Crippen LogP contribution is -2.30. The van der Waals surface area contributed by atoms with E-state index in [1.165, 1.54) is 11.3 Å². The van der Waals surface area contributed by atoms with Crippen molar-refractivity contribution in [1.82, 2.24) is 16.0 Å². The van der Waals surface area contributed by atoms with Gasteiger partial charge in [-0.25, -0.2) is 0 Å². The van der Waals surface area contributed by atoms with E-state index in [1.54, 1.807) is 37.4 Å². The van der Waals surface area contributed by atoms with Gasteiger partial charge in [0.2, 0.25) is 5.91 Å². The third kappa shape index (κ3) is 5.20. The molecule has 0 radical (unpaired) electrons. The van der Waals surface area contributed by atoms with E-state index < -0.39 is 0 Å². The van der Waals surface area contributed by atoms with E-state index in [0.717, 1.165) is 5.56 Å². The Morgan fingerprint density at radius 2 is 1.75 bits per heavy atom. The maximum absolute atomic E-state index is 11.8. The third-order valence-electron chi connectivity index (χ3n) is 3.32. The standard InChI is InChI=1S/C17H19N3O3S/c1-18-16(22)13-6-4-12(5-7-13)11-20-15(21)8-9-19-17(23)14-3-2-10-24-14/h2-7,10H,8-9,11H2,1H3,(H,18,22)(H,19,23)(H,20,21). The summed E-state index contributed by atoms with van der Waals surface area (Å²) in [7, 11) is 1.58. The van der Waals surface area contributed by atoms with E-state index in [0.29, 0.717) is 17.0 Å². The largest absolute Gasteiger partial charge is 0.355 e. The zero-order chi connectivity index (χ0) is 17.4. The highest BCUT2D eigenvalue weighted by molar-refractivity contribution is 7.12. The highest BCUT2D eigenvalue weighted by Crippen LogP contribution is 2.07. The smallest absolute Gasteiger partial charge is 0.261 e. The van der Waals surface area contributed by atoms with Gasteiger partial charge in [-0.3, -0.25) is 14.4 Å². The van der Waals surface area contributed by atoms with Crippen LogP contribution in [0, 0.1) is 0 Å². The summed E-state index contributed by atoms with van der Waals surface area (Å²) in [5, 5.41) is 9.87. The Balaban J connectivity index is 1.69. The van der Waals surface area contributed by atoms with Crippen molar-refractivity contribution >= 4 is 29.1 Å². The van der Waals surface area contributed by atoms with E-state index in [1.807, 2.05) is 11.4 Å². The molecule has 6 nitrogen and oxygen atoms in total. The first-order valence-electron chi connectivity index (χ1n) is 7.49. The van der Waals surface area contributed by atoms with Gasteiger partial charge in [0.05, 0.1) is 4.88 Å². The second-order valence-electron chi connectivity index (χ2n) is 5.04. The molecule has 0 spiro atoms. The minimum Gasteiger partial charge on any atom is -0.355 e. The maximum atomic E-state index is 11.8. The van der Waals surface area contributed by atoms with Crippen molar-refractivity contribution in [2.75, 3.05) is 13.6 Å². The first kappa shape index (κ1) is 17.7. The summed E-state index contributed by atoms with van der Waals surface area (Å²) in [4.78, 5) is 35.6. The van der Waals surface area contributed by atoms with Gasteiger partial charge in [0, 0.05) is 32.1 Å². The zero-order valence-electron chi connectivity index (χ0n) is 13.3. The monoisotopic (exact) mass is 345 g/mol. The molecule has 0 saturated carbocycles. The lowest BCUT2D eigenvalue weighted by molar-refractivity contribution is -0.121. The van der Waals surface area contributed by atoms with Crippen LogP contribution in [0.1, 0.15) is 32.0 Å². The fourth-order valence-corrected chi connectivity index (χ4v) is 2.63. The topological polar surface area (TPSA) is 87.3 Å². The van der Waals surface area contributed by atoms with E-state index in [-0.39, 0.29) is 30.7 Å². The van der Waals surface area contributed by atoms with Crippen LogP contribution in [0.25, 0.3) is 0 Å². The Bertz CT molecular complexity index is 696. The Hall–Kier alpha value is -2.67. The summed E-state index contributed by atoms with van der Waals surface area (Å²) in [5.74, 6) is -0.452. The average Bonchev–Trinajstić information content (AvgIpc) is 3.14. The number of hydrogen-bond acceptors (Lipinski definition) is 4. The molecule has 3 N–H and O–H groups in total. The van der Waals surface area contributed by atoms with Crippen molar-refractivity contribution < 1.29 is 14.4 Å². The number of amides is 3. The number of hydrogen-bond donors (Lipinski definition) is 3. The van der Waals surface area contributed by atoms with Crippen molar-refractivity contribution in [2.45, 2.75) is 13.0 Å². The number of benzene rings is 1. The molecule has 0 fully saturated rings. The van der Waals surface area contributed by atoms with Gasteiger partial charge in [-0.2, -0.15) is 0 Å². The fraction of sp³-hybridized carbons (Fsp3) is 0.235. The maximum Gasteiger partial charge on any atom is 0.261 e. The first-order chi connectivity index (χ1) is 11.6. The molecule has 0 unspecified atom stereocenters. The molecule has 2 rings (SSSR count). The van der Waals surface area contributed by atoms with Gasteiger partial charge < -0.3 is 16.0 Å². The molecule has 126 valence electrons. The van der Waals surface area contributed by atoms with Gasteiger partial charge >= 0.3 is 0 Å². The molecule has 0 bridgehead atoms. The van der Waals surface area contributed by atoms with E-state index in [9.17, 15) is 14.4 Å². The van der Waals surface area contributed by atoms with E-state index in [4.69, 9.17) is 0 Å². The lowest BCUT2D eigenvalue weighted by Gasteiger charge is -2.07. The Labute approximate surface area is 144 Å². The molecule has 0 aliphatic carbocycles. The van der Waals surface area contributed by atoms with Crippen LogP contribution in [0.4, 0.5) is 0 Å². The molecule has 24 heavy (non-hydrogen) atoms. The first-order valence-corrected chi connectivity index (χ1v) is 8.37. The molecule has 1 aromatic heterocycles. The highest BCUT2D eigenvalue weighted by Gasteiger charge is 2.07. The Morgan fingerprint density at radius 3 is 2.38 bits per heavy atom. The fourth-order valence-electron chi connectivity index (χ4n) is 1.99. The van der Waals surface area contributed by atoms with Crippen molar-refractivity contribution in [2.24, 2.45) is 0 Å². The SMILES string of the molecule is CNC(=O)c1ccc(CNC(=O)CCNC(=O)c2cccs2)cc1. The lowest BCUT2D eigenvalue weighted by atomic mass is 10.1. The van der Waals surface area contributed by atoms with E-state index in [2.05, 4.69) is 16.0 Å². The van der Waals surface area contributed by atoms with Crippen LogP contribution in [-0.2, 0) is 11.3 Å². The number of thiophene rings is 1. The van der Waals surface area contributed by atoms with Crippen molar-refractivity contribution in [1.29, 1.82) is 0 Å². The summed E-state index contributed by atoms with van der Waals surface area (Å²) in [6.07, 6.45) is 0.216. The minimum atomic E-state index is -0.164. The Morgan fingerprint density at radius 1 is 1.00 bits per heavy atom. The predicted molar refractivity (Wildman–Crippen MR) is 92.9 cm³/mol. The predicted octanol–water partition coefficient (Wildman–Crippen LogP) is 1.54. The molecule has 0 saturated heterocycles. The summed E-state index contributed by atoms with van der Waals surface area (Å²) in [5.41, 5.74) is 1.47. The quantitative estimate of drug-likeness (QED) is 0.711. The Kier molecular flexibility index (Phi) is 6.51. The molecule has 1 aromatic carbocycles. The van der Waals surface area contributed by atoms with Crippen molar-refractivity contribution in [3.63, 3.8) is 0 Å². The van der Waals surface area contributed by atoms with Crippen LogP contribution < -0.4 is 16.0 Å². The molecular formula is C17H19N3O3S. The highest BCUT2D eigenvalue weighted by atomic mass is 32.1. The summed E-state index contributed by atoms with van der Waals surface area (Å²) in [6.45, 7) is 0.671. The number of rotatable bonds is 7. The van der Waals surface area contributed by atoms with Crippen LogP contribution >= 0.6 is 11.3 Å². The van der Waals surface area contributed by atoms with E-state index >= 15 is 0 Å². The van der Waals surface area contributed by atoms with Gasteiger partial charge in [-0.05, 0) is 29.1 Å². The summed E-state index contributed by atoms with van der Waals surface area (Å²) < 4.78 is 0. The molecule has 0 atom stereocenters. The number of carbonyl (C=O) groups is 3. The van der Waals surface area contributed by atoms with Gasteiger partial charge in [0.1, 0.15) is 0 Å². The molecule has 2 aromatic rings. The van der Waals surface area contributed by atoms with Crippen LogP contribution in [-0.4, -0.2) is 31.3 Å². The van der Waals surface area contributed by atoms with Crippen LogP contribution in [0.15, 0.2) is 41.8 Å². The molecule has 0 aliphatic heterocycles. The van der Waals surface area contributed by atoms with Crippen LogP contribution in [0.3, 0.4) is 0 Å². The van der Waals surface area contributed by atoms with Crippen LogP contribution in [0.5, 0.6) is 0 Å². The molecule has 7 heteroatoms. The van der Waals surface area contributed by atoms with Crippen molar-refractivity contribution in [3.05, 3.63) is 57.8 Å². The minimum absolute atomic E-state index is 0.142. The second kappa shape index (κ2) is 8.83. The van der Waals surface area contributed by atoms with Gasteiger partial charge in [-0.1, -0.05) is 18.2 Å². The second-order valence-corrected chi connectivity index (χ2v) is 5.98. The number of nitrogens with one attached hydrogen (secondary N) is 3. The molecular weight excluding hydrogens is 326 g/mol. The summed E-state index contributed by atoms with van der Waals surface area (Å²) >= 11 is 1.36. The van der Waals surface area contributed by atoms with Crippen LogP contribution in [0.2, 0.25) is 0 Å². The van der Waals surface area contributed by atoms with Crippen molar-refractivity contribution in [3.8, 4) is 0 Å². The van der Waals surface area contributed by atoms with Gasteiger partial charge in [0.25, 0.3) is 11.8 Å². The zero-order valence-corrected chi connectivity index (χ0v) is 14.1. The number of carbonyl (C=O) groups excluding carboxylic acids is 3. The average molecular weight is 345 g/mol. The molecule has 1 heterocycles. The van der Waals surface area contributed by atoms with Gasteiger partial charge in [0.15, 0.2) is 0 Å². The normalized spacial score (nSPS) is 10.0.